The van der Waals surface area contributed by atoms with Crippen LogP contribution in [0.15, 0.2) is 78.0 Å². The first-order valence-electron chi connectivity index (χ1n) is 9.04. The molecule has 0 aliphatic heterocycles. The Labute approximate surface area is 170 Å². The fourth-order valence-electron chi connectivity index (χ4n) is 2.90. The predicted octanol–water partition coefficient (Wildman–Crippen LogP) is 3.34. The third kappa shape index (κ3) is 4.81. The van der Waals surface area contributed by atoms with Crippen LogP contribution >= 0.6 is 0 Å². The smallest absolute Gasteiger partial charge is 0.251 e. The minimum absolute atomic E-state index is 0.0766. The van der Waals surface area contributed by atoms with E-state index in [0.29, 0.717) is 16.9 Å². The fraction of sp³-hybridized carbons (Fsp3) is 0.182. The average molecular weight is 410 g/mol. The van der Waals surface area contributed by atoms with E-state index in [1.807, 2.05) is 6.92 Å². The molecular formula is C22H22N2O4S. The first-order valence-corrected chi connectivity index (χ1v) is 10.6. The molecule has 0 aliphatic rings. The zero-order valence-corrected chi connectivity index (χ0v) is 17.0. The lowest BCUT2D eigenvalue weighted by molar-refractivity contribution is 0.0953. The number of aromatic nitrogens is 1. The normalized spacial score (nSPS) is 12.2. The second kappa shape index (κ2) is 8.87. The molecule has 1 N–H and O–H groups in total. The molecule has 150 valence electrons. The number of aryl methyl sites for hydroxylation is 1. The molecular weight excluding hydrogens is 388 g/mol. The van der Waals surface area contributed by atoms with Gasteiger partial charge in [-0.05, 0) is 55.0 Å². The van der Waals surface area contributed by atoms with E-state index in [9.17, 15) is 13.2 Å². The highest BCUT2D eigenvalue weighted by atomic mass is 32.2. The molecule has 29 heavy (non-hydrogen) atoms. The number of benzene rings is 2. The number of carbonyl (C=O) groups excluding carboxylic acids is 1. The molecule has 0 unspecified atom stereocenters. The van der Waals surface area contributed by atoms with E-state index in [4.69, 9.17) is 4.74 Å². The van der Waals surface area contributed by atoms with Gasteiger partial charge < -0.3 is 10.1 Å². The van der Waals surface area contributed by atoms with Crippen LogP contribution in [0.5, 0.6) is 5.75 Å². The molecule has 7 heteroatoms. The van der Waals surface area contributed by atoms with Gasteiger partial charge in [-0.15, -0.1) is 0 Å². The van der Waals surface area contributed by atoms with E-state index in [2.05, 4.69) is 10.3 Å². The molecule has 3 rings (SSSR count). The first-order chi connectivity index (χ1) is 13.9. The lowest BCUT2D eigenvalue weighted by atomic mass is 10.2. The van der Waals surface area contributed by atoms with Gasteiger partial charge in [-0.25, -0.2) is 8.42 Å². The number of hydrogen-bond acceptors (Lipinski definition) is 5. The number of sulfone groups is 1. The number of pyridine rings is 1. The number of amides is 1. The van der Waals surface area contributed by atoms with E-state index in [1.54, 1.807) is 74.0 Å². The minimum atomic E-state index is -3.73. The summed E-state index contributed by atoms with van der Waals surface area (Å²) in [4.78, 5) is 16.8. The Morgan fingerprint density at radius 3 is 2.34 bits per heavy atom. The number of nitrogens with zero attached hydrogens (tertiary/aromatic N) is 1. The third-order valence-corrected chi connectivity index (χ3v) is 6.70. The van der Waals surface area contributed by atoms with Gasteiger partial charge in [0.1, 0.15) is 11.0 Å². The van der Waals surface area contributed by atoms with E-state index >= 15 is 0 Å². The molecule has 1 aromatic heterocycles. The molecule has 1 atom stereocenters. The second-order valence-electron chi connectivity index (χ2n) is 6.57. The van der Waals surface area contributed by atoms with Gasteiger partial charge in [-0.3, -0.25) is 9.78 Å². The second-order valence-corrected chi connectivity index (χ2v) is 8.70. The fourth-order valence-corrected chi connectivity index (χ4v) is 4.54. The van der Waals surface area contributed by atoms with E-state index in [-0.39, 0.29) is 17.3 Å². The maximum absolute atomic E-state index is 13.3. The topological polar surface area (TPSA) is 85.4 Å². The Balaban J connectivity index is 1.86. The summed E-state index contributed by atoms with van der Waals surface area (Å²) in [5.74, 6) is 0.275. The van der Waals surface area contributed by atoms with E-state index in [1.165, 1.54) is 6.20 Å². The lowest BCUT2D eigenvalue weighted by Crippen LogP contribution is -2.32. The number of nitrogens with one attached hydrogen (secondary N) is 1. The van der Waals surface area contributed by atoms with Crippen LogP contribution in [0, 0.1) is 6.92 Å². The van der Waals surface area contributed by atoms with Gasteiger partial charge >= 0.3 is 0 Å². The van der Waals surface area contributed by atoms with Crippen LogP contribution in [0.1, 0.15) is 26.7 Å². The number of ether oxygens (including phenoxy) is 1. The van der Waals surface area contributed by atoms with Crippen molar-refractivity contribution in [1.82, 2.24) is 10.3 Å². The summed E-state index contributed by atoms with van der Waals surface area (Å²) in [6.07, 6.45) is 3.09. The van der Waals surface area contributed by atoms with Crippen molar-refractivity contribution in [1.29, 1.82) is 0 Å². The SMILES string of the molecule is COc1ccc(C(=O)NC[C@H](c2cccnc2)S(=O)(=O)c2ccc(C)cc2)cc1. The van der Waals surface area contributed by atoms with Crippen molar-refractivity contribution < 1.29 is 17.9 Å². The molecule has 2 aromatic carbocycles. The Morgan fingerprint density at radius 2 is 1.76 bits per heavy atom. The third-order valence-electron chi connectivity index (χ3n) is 4.58. The molecule has 0 fully saturated rings. The van der Waals surface area contributed by atoms with Crippen molar-refractivity contribution in [2.24, 2.45) is 0 Å². The van der Waals surface area contributed by atoms with Gasteiger partial charge in [0, 0.05) is 24.5 Å². The zero-order valence-electron chi connectivity index (χ0n) is 16.2. The van der Waals surface area contributed by atoms with Crippen LogP contribution in [0.25, 0.3) is 0 Å². The van der Waals surface area contributed by atoms with E-state index in [0.717, 1.165) is 5.56 Å². The van der Waals surface area contributed by atoms with Crippen LogP contribution in [0.3, 0.4) is 0 Å². The molecule has 0 bridgehead atoms. The first kappa shape index (κ1) is 20.5. The summed E-state index contributed by atoms with van der Waals surface area (Å²) >= 11 is 0. The summed E-state index contributed by atoms with van der Waals surface area (Å²) in [7, 11) is -2.19. The summed E-state index contributed by atoms with van der Waals surface area (Å²) in [5, 5.41) is 1.78. The zero-order chi connectivity index (χ0) is 20.9. The molecule has 3 aromatic rings. The molecule has 0 aliphatic carbocycles. The molecule has 0 radical (unpaired) electrons. The number of rotatable bonds is 7. The summed E-state index contributed by atoms with van der Waals surface area (Å²) in [6.45, 7) is 1.82. The molecule has 1 amide bonds. The van der Waals surface area contributed by atoms with Gasteiger partial charge in [-0.2, -0.15) is 0 Å². The lowest BCUT2D eigenvalue weighted by Gasteiger charge is -2.19. The monoisotopic (exact) mass is 410 g/mol. The maximum atomic E-state index is 13.3. The summed E-state index contributed by atoms with van der Waals surface area (Å²) in [6, 6.07) is 16.7. The van der Waals surface area contributed by atoms with Crippen molar-refractivity contribution in [2.45, 2.75) is 17.1 Å². The Bertz CT molecular complexity index is 1060. The van der Waals surface area contributed by atoms with Crippen LogP contribution in [-0.2, 0) is 9.84 Å². The Kier molecular flexibility index (Phi) is 6.29. The van der Waals surface area contributed by atoms with Crippen LogP contribution in [0.2, 0.25) is 0 Å². The van der Waals surface area contributed by atoms with Crippen molar-refractivity contribution in [3.05, 3.63) is 89.7 Å². The van der Waals surface area contributed by atoms with Crippen LogP contribution < -0.4 is 10.1 Å². The minimum Gasteiger partial charge on any atom is -0.497 e. The highest BCUT2D eigenvalue weighted by Gasteiger charge is 2.30. The highest BCUT2D eigenvalue weighted by molar-refractivity contribution is 7.91. The van der Waals surface area contributed by atoms with Crippen LogP contribution in [0.4, 0.5) is 0 Å². The summed E-state index contributed by atoms with van der Waals surface area (Å²) in [5.41, 5.74) is 1.90. The molecule has 0 saturated carbocycles. The maximum Gasteiger partial charge on any atom is 0.251 e. The van der Waals surface area contributed by atoms with Gasteiger partial charge in [0.05, 0.1) is 12.0 Å². The van der Waals surface area contributed by atoms with Gasteiger partial charge in [-0.1, -0.05) is 23.8 Å². The van der Waals surface area contributed by atoms with Crippen LogP contribution in [-0.4, -0.2) is 33.0 Å². The number of hydrogen-bond donors (Lipinski definition) is 1. The predicted molar refractivity (Wildman–Crippen MR) is 111 cm³/mol. The number of carbonyl (C=O) groups is 1. The van der Waals surface area contributed by atoms with Gasteiger partial charge in [0.25, 0.3) is 5.91 Å². The van der Waals surface area contributed by atoms with Crippen molar-refractivity contribution >= 4 is 15.7 Å². The molecule has 6 nitrogen and oxygen atoms in total. The molecule has 0 saturated heterocycles. The van der Waals surface area contributed by atoms with Crippen molar-refractivity contribution in [3.8, 4) is 5.75 Å². The van der Waals surface area contributed by atoms with E-state index < -0.39 is 15.1 Å². The van der Waals surface area contributed by atoms with Gasteiger partial charge in [0.2, 0.25) is 0 Å². The Morgan fingerprint density at radius 1 is 1.07 bits per heavy atom. The standard InChI is InChI=1S/C22H22N2O4S/c1-16-5-11-20(12-6-16)29(26,27)21(18-4-3-13-23-14-18)15-24-22(25)17-7-9-19(28-2)10-8-17/h3-14,21H,15H2,1-2H3,(H,24,25)/t21-/m1/s1. The quantitative estimate of drug-likeness (QED) is 0.646. The average Bonchev–Trinajstić information content (AvgIpc) is 2.74. The summed E-state index contributed by atoms with van der Waals surface area (Å²) < 4.78 is 31.7. The Hall–Kier alpha value is -3.19. The molecule has 0 spiro atoms. The van der Waals surface area contributed by atoms with Gasteiger partial charge in [0.15, 0.2) is 9.84 Å². The van der Waals surface area contributed by atoms with Crippen molar-refractivity contribution in [2.75, 3.05) is 13.7 Å². The van der Waals surface area contributed by atoms with Crippen molar-refractivity contribution in [3.63, 3.8) is 0 Å². The highest BCUT2D eigenvalue weighted by Crippen LogP contribution is 2.28. The molecule has 1 heterocycles. The largest absolute Gasteiger partial charge is 0.497 e. The number of methoxy groups -OCH3 is 1.